The second kappa shape index (κ2) is 8.07. The van der Waals surface area contributed by atoms with Crippen molar-refractivity contribution in [2.75, 3.05) is 5.32 Å². The second-order valence-corrected chi connectivity index (χ2v) is 10.7. The third-order valence-electron chi connectivity index (χ3n) is 7.07. The highest BCUT2D eigenvalue weighted by Gasteiger charge is 2.41. The second-order valence-electron chi connectivity index (χ2n) is 10.2. The van der Waals surface area contributed by atoms with Crippen molar-refractivity contribution in [2.45, 2.75) is 32.7 Å². The number of nitrogens with one attached hydrogen (secondary N) is 1. The summed E-state index contributed by atoms with van der Waals surface area (Å²) in [5, 5.41) is 17.7. The van der Waals surface area contributed by atoms with E-state index in [-0.39, 0.29) is 16.9 Å². The van der Waals surface area contributed by atoms with E-state index in [9.17, 15) is 14.9 Å². The lowest BCUT2D eigenvalue weighted by molar-refractivity contribution is -0.384. The summed E-state index contributed by atoms with van der Waals surface area (Å²) in [7, 11) is 0. The van der Waals surface area contributed by atoms with Crippen LogP contribution in [-0.4, -0.2) is 10.7 Å². The number of carbonyl (C=O) groups excluding carboxylic acids is 1. The zero-order valence-corrected chi connectivity index (χ0v) is 20.6. The maximum absolute atomic E-state index is 13.6. The SMILES string of the molecule is CC1(C)CC(=O)C2=C(C1)c1c(ccc3ccccc13)N[C@H]2c1ccc(-c2cc(Cl)ccc2[N+](=O)[O-])o1. The van der Waals surface area contributed by atoms with Crippen molar-refractivity contribution in [3.63, 3.8) is 0 Å². The molecule has 2 heterocycles. The minimum atomic E-state index is -0.496. The molecule has 3 aromatic carbocycles. The number of fused-ring (bicyclic) bond motifs is 4. The maximum atomic E-state index is 13.6. The van der Waals surface area contributed by atoms with Crippen LogP contribution in [0.4, 0.5) is 11.4 Å². The minimum Gasteiger partial charge on any atom is -0.458 e. The summed E-state index contributed by atoms with van der Waals surface area (Å²) in [6.07, 6.45) is 1.21. The number of nitro benzene ring substituents is 1. The van der Waals surface area contributed by atoms with E-state index in [1.807, 2.05) is 18.2 Å². The Hall–Kier alpha value is -3.90. The topological polar surface area (TPSA) is 85.4 Å². The summed E-state index contributed by atoms with van der Waals surface area (Å²) in [5.41, 5.74) is 3.79. The Morgan fingerprint density at radius 1 is 1.06 bits per heavy atom. The van der Waals surface area contributed by atoms with Crippen LogP contribution >= 0.6 is 11.6 Å². The van der Waals surface area contributed by atoms with Crippen LogP contribution < -0.4 is 5.32 Å². The molecule has 0 bridgehead atoms. The number of rotatable bonds is 3. The number of allylic oxidation sites excluding steroid dienone is 1. The number of hydrogen-bond acceptors (Lipinski definition) is 5. The van der Waals surface area contributed by atoms with Crippen LogP contribution in [0.15, 0.2) is 76.7 Å². The highest BCUT2D eigenvalue weighted by atomic mass is 35.5. The Balaban J connectivity index is 1.53. The Morgan fingerprint density at radius 2 is 1.86 bits per heavy atom. The summed E-state index contributed by atoms with van der Waals surface area (Å²) in [4.78, 5) is 24.7. The molecule has 36 heavy (non-hydrogen) atoms. The summed E-state index contributed by atoms with van der Waals surface area (Å²) in [5.74, 6) is 0.943. The predicted octanol–water partition coefficient (Wildman–Crippen LogP) is 7.97. The number of Topliss-reactive ketones (excluding diaryl/α,β-unsaturated/α-hetero) is 1. The number of halogens is 1. The first-order valence-corrected chi connectivity index (χ1v) is 12.2. The fraction of sp³-hybridized carbons (Fsp3) is 0.207. The summed E-state index contributed by atoms with van der Waals surface area (Å²) < 4.78 is 6.19. The Morgan fingerprint density at radius 3 is 2.67 bits per heavy atom. The van der Waals surface area contributed by atoms with E-state index in [0.29, 0.717) is 34.1 Å². The molecule has 0 amide bonds. The van der Waals surface area contributed by atoms with Gasteiger partial charge in [-0.05, 0) is 58.5 Å². The van der Waals surface area contributed by atoms with E-state index in [0.717, 1.165) is 34.0 Å². The highest BCUT2D eigenvalue weighted by Crippen LogP contribution is 2.52. The van der Waals surface area contributed by atoms with Crippen LogP contribution in [0.5, 0.6) is 0 Å². The van der Waals surface area contributed by atoms with Crippen LogP contribution in [0.2, 0.25) is 5.02 Å². The summed E-state index contributed by atoms with van der Waals surface area (Å²) >= 11 is 6.14. The molecule has 0 unspecified atom stereocenters. The fourth-order valence-electron chi connectivity index (χ4n) is 5.57. The molecule has 0 spiro atoms. The normalized spacial score (nSPS) is 18.5. The molecule has 1 N–H and O–H groups in total. The van der Waals surface area contributed by atoms with Crippen LogP contribution in [0.1, 0.15) is 44.1 Å². The van der Waals surface area contributed by atoms with E-state index in [1.54, 1.807) is 12.1 Å². The van der Waals surface area contributed by atoms with Crippen molar-refractivity contribution in [1.29, 1.82) is 0 Å². The molecule has 1 aliphatic carbocycles. The number of nitro groups is 1. The molecular weight excluding hydrogens is 476 g/mol. The molecule has 0 fully saturated rings. The number of benzene rings is 3. The van der Waals surface area contributed by atoms with Gasteiger partial charge in [0.2, 0.25) is 0 Å². The number of hydrogen-bond donors (Lipinski definition) is 1. The van der Waals surface area contributed by atoms with E-state index >= 15 is 0 Å². The monoisotopic (exact) mass is 498 g/mol. The standard InChI is InChI=1S/C29H23ClN2O4/c1-29(2)14-20-26-18-6-4-3-5-16(18)7-9-21(26)31-28(27(20)23(33)15-29)25-12-11-24(36-25)19-13-17(30)8-10-22(19)32(34)35/h3-13,28,31H,14-15H2,1-2H3/t28-/m0/s1. The molecule has 0 saturated carbocycles. The number of nitrogens with zero attached hydrogens (tertiary/aromatic N) is 1. The third kappa shape index (κ3) is 3.60. The van der Waals surface area contributed by atoms with Crippen LogP contribution in [0, 0.1) is 15.5 Å². The number of carbonyl (C=O) groups is 1. The van der Waals surface area contributed by atoms with Gasteiger partial charge in [-0.25, -0.2) is 0 Å². The lowest BCUT2D eigenvalue weighted by atomic mass is 9.68. The van der Waals surface area contributed by atoms with Gasteiger partial charge >= 0.3 is 0 Å². The van der Waals surface area contributed by atoms with Crippen LogP contribution in [0.25, 0.3) is 27.7 Å². The van der Waals surface area contributed by atoms with Gasteiger partial charge in [0, 0.05) is 34.3 Å². The molecule has 6 rings (SSSR count). The van der Waals surface area contributed by atoms with Gasteiger partial charge in [-0.3, -0.25) is 14.9 Å². The molecule has 1 aliphatic heterocycles. The molecule has 2 aliphatic rings. The van der Waals surface area contributed by atoms with Crippen molar-refractivity contribution in [3.8, 4) is 11.3 Å². The molecule has 1 aromatic heterocycles. The summed E-state index contributed by atoms with van der Waals surface area (Å²) in [6.45, 7) is 4.25. The Labute approximate surface area is 212 Å². The van der Waals surface area contributed by atoms with E-state index in [2.05, 4.69) is 37.4 Å². The first kappa shape index (κ1) is 22.6. The molecule has 0 radical (unpaired) electrons. The Kier molecular flexibility index (Phi) is 5.05. The smallest absolute Gasteiger partial charge is 0.280 e. The van der Waals surface area contributed by atoms with E-state index in [4.69, 9.17) is 16.0 Å². The molecule has 4 aromatic rings. The number of ketones is 1. The largest absolute Gasteiger partial charge is 0.458 e. The number of anilines is 1. The van der Waals surface area contributed by atoms with Gasteiger partial charge in [0.15, 0.2) is 5.78 Å². The van der Waals surface area contributed by atoms with Gasteiger partial charge < -0.3 is 9.73 Å². The van der Waals surface area contributed by atoms with Gasteiger partial charge in [-0.1, -0.05) is 55.8 Å². The average Bonchev–Trinajstić information content (AvgIpc) is 3.32. The first-order chi connectivity index (χ1) is 17.2. The van der Waals surface area contributed by atoms with Crippen molar-refractivity contribution in [3.05, 3.63) is 98.8 Å². The zero-order chi connectivity index (χ0) is 25.2. The lowest BCUT2D eigenvalue weighted by Gasteiger charge is -2.39. The van der Waals surface area contributed by atoms with Crippen molar-refractivity contribution < 1.29 is 14.1 Å². The molecular formula is C29H23ClN2O4. The van der Waals surface area contributed by atoms with Crippen molar-refractivity contribution >= 4 is 45.1 Å². The first-order valence-electron chi connectivity index (χ1n) is 11.8. The van der Waals surface area contributed by atoms with E-state index in [1.165, 1.54) is 18.2 Å². The van der Waals surface area contributed by atoms with E-state index < -0.39 is 11.0 Å². The van der Waals surface area contributed by atoms with Gasteiger partial charge in [0.25, 0.3) is 5.69 Å². The lowest BCUT2D eigenvalue weighted by Crippen LogP contribution is -2.33. The fourth-order valence-corrected chi connectivity index (χ4v) is 5.74. The van der Waals surface area contributed by atoms with Crippen LogP contribution in [-0.2, 0) is 4.79 Å². The van der Waals surface area contributed by atoms with Crippen molar-refractivity contribution in [2.24, 2.45) is 5.41 Å². The van der Waals surface area contributed by atoms with Gasteiger partial charge in [-0.15, -0.1) is 0 Å². The van der Waals surface area contributed by atoms with Gasteiger partial charge in [0.05, 0.1) is 10.5 Å². The molecule has 0 saturated heterocycles. The maximum Gasteiger partial charge on any atom is 0.280 e. The highest BCUT2D eigenvalue weighted by molar-refractivity contribution is 6.31. The van der Waals surface area contributed by atoms with Gasteiger partial charge in [-0.2, -0.15) is 0 Å². The molecule has 180 valence electrons. The van der Waals surface area contributed by atoms with Crippen molar-refractivity contribution in [1.82, 2.24) is 0 Å². The minimum absolute atomic E-state index is 0.0871. The average molecular weight is 499 g/mol. The number of furan rings is 1. The summed E-state index contributed by atoms with van der Waals surface area (Å²) in [6, 6.07) is 19.7. The zero-order valence-electron chi connectivity index (χ0n) is 19.8. The molecule has 7 heteroatoms. The predicted molar refractivity (Wildman–Crippen MR) is 141 cm³/mol. The van der Waals surface area contributed by atoms with Crippen LogP contribution in [0.3, 0.4) is 0 Å². The Bertz CT molecular complexity index is 1610. The van der Waals surface area contributed by atoms with Gasteiger partial charge in [0.1, 0.15) is 17.6 Å². The quantitative estimate of drug-likeness (QED) is 0.228. The molecule has 1 atom stereocenters. The molecule has 6 nitrogen and oxygen atoms in total. The third-order valence-corrected chi connectivity index (χ3v) is 7.31.